The molecule has 1 rings (SSSR count). The molecule has 0 aliphatic heterocycles. The van der Waals surface area contributed by atoms with Gasteiger partial charge in [0.05, 0.1) is 0 Å². The lowest BCUT2D eigenvalue weighted by Gasteiger charge is -2.11. The quantitative estimate of drug-likeness (QED) is 0.618. The van der Waals surface area contributed by atoms with Crippen molar-refractivity contribution in [2.75, 3.05) is 19.1 Å². The monoisotopic (exact) mass is 143 g/mol. The van der Waals surface area contributed by atoms with Crippen molar-refractivity contribution in [1.29, 1.82) is 0 Å². The minimum Gasteiger partial charge on any atom is -0.287 e. The summed E-state index contributed by atoms with van der Waals surface area (Å²) in [6.07, 6.45) is 1.79. The van der Waals surface area contributed by atoms with Crippen molar-refractivity contribution in [3.8, 4) is 0 Å². The number of hydrogen-bond donors (Lipinski definition) is 1. The maximum atomic E-state index is 4.07. The van der Waals surface area contributed by atoms with Gasteiger partial charge in [0.25, 0.3) is 0 Å². The zero-order valence-corrected chi connectivity index (χ0v) is 6.27. The van der Waals surface area contributed by atoms with E-state index < -0.39 is 0 Å². The molecule has 1 N–H and O–H groups in total. The first kappa shape index (κ1) is 6.51. The van der Waals surface area contributed by atoms with Crippen LogP contribution in [0.25, 0.3) is 0 Å². The molecule has 0 spiro atoms. The van der Waals surface area contributed by atoms with E-state index in [9.17, 15) is 0 Å². The van der Waals surface area contributed by atoms with Crippen LogP contribution >= 0.6 is 11.3 Å². The third-order valence-corrected chi connectivity index (χ3v) is 1.89. The second-order valence-electron chi connectivity index (χ2n) is 1.60. The Morgan fingerprint density at radius 2 is 2.56 bits per heavy atom. The highest BCUT2D eigenvalue weighted by Gasteiger charge is 1.96. The smallest absolute Gasteiger partial charge is 0.199 e. The van der Waals surface area contributed by atoms with Crippen LogP contribution < -0.4 is 10.4 Å². The number of aromatic nitrogens is 1. The van der Waals surface area contributed by atoms with Crippen molar-refractivity contribution in [3.63, 3.8) is 0 Å². The average Bonchev–Trinajstić information content (AvgIpc) is 2.37. The Bertz CT molecular complexity index is 161. The van der Waals surface area contributed by atoms with E-state index in [0.717, 1.165) is 5.13 Å². The number of thiazole rings is 1. The molecule has 1 heterocycles. The van der Waals surface area contributed by atoms with Gasteiger partial charge in [-0.1, -0.05) is 0 Å². The van der Waals surface area contributed by atoms with Gasteiger partial charge in [-0.2, -0.15) is 0 Å². The van der Waals surface area contributed by atoms with Gasteiger partial charge in [-0.25, -0.2) is 10.4 Å². The number of anilines is 1. The van der Waals surface area contributed by atoms with Crippen LogP contribution in [0.5, 0.6) is 0 Å². The molecule has 1 aromatic rings. The van der Waals surface area contributed by atoms with Gasteiger partial charge in [-0.05, 0) is 0 Å². The van der Waals surface area contributed by atoms with E-state index in [1.54, 1.807) is 17.5 Å². The summed E-state index contributed by atoms with van der Waals surface area (Å²) in [5, 5.41) is 4.80. The summed E-state index contributed by atoms with van der Waals surface area (Å²) in [5.41, 5.74) is 2.95. The fourth-order valence-electron chi connectivity index (χ4n) is 0.477. The van der Waals surface area contributed by atoms with Crippen LogP contribution in [0.4, 0.5) is 5.13 Å². The zero-order chi connectivity index (χ0) is 6.69. The van der Waals surface area contributed by atoms with Crippen molar-refractivity contribution < 1.29 is 0 Å². The first-order chi connectivity index (χ1) is 4.34. The summed E-state index contributed by atoms with van der Waals surface area (Å²) in [7, 11) is 3.79. The van der Waals surface area contributed by atoms with Crippen molar-refractivity contribution in [2.45, 2.75) is 0 Å². The highest BCUT2D eigenvalue weighted by atomic mass is 32.1. The summed E-state index contributed by atoms with van der Waals surface area (Å²) in [4.78, 5) is 4.07. The molecule has 0 unspecified atom stereocenters. The Balaban J connectivity index is 2.65. The summed E-state index contributed by atoms with van der Waals surface area (Å²) in [6, 6.07) is 0. The Hall–Kier alpha value is -0.610. The number of nitrogens with one attached hydrogen (secondary N) is 1. The summed E-state index contributed by atoms with van der Waals surface area (Å²) < 4.78 is 0. The largest absolute Gasteiger partial charge is 0.287 e. The van der Waals surface area contributed by atoms with Gasteiger partial charge in [0.2, 0.25) is 0 Å². The van der Waals surface area contributed by atoms with Crippen molar-refractivity contribution >= 4 is 16.5 Å². The molecule has 3 nitrogen and oxygen atoms in total. The van der Waals surface area contributed by atoms with Crippen LogP contribution in [0.15, 0.2) is 11.6 Å². The van der Waals surface area contributed by atoms with Gasteiger partial charge >= 0.3 is 0 Å². The van der Waals surface area contributed by atoms with E-state index in [-0.39, 0.29) is 0 Å². The molecule has 9 heavy (non-hydrogen) atoms. The van der Waals surface area contributed by atoms with E-state index in [4.69, 9.17) is 0 Å². The summed E-state index contributed by atoms with van der Waals surface area (Å²) in [5.74, 6) is 0. The molecule has 0 fully saturated rings. The molecule has 4 heteroatoms. The zero-order valence-electron chi connectivity index (χ0n) is 5.46. The fourth-order valence-corrected chi connectivity index (χ4v) is 1.09. The van der Waals surface area contributed by atoms with Crippen LogP contribution in [-0.2, 0) is 0 Å². The molecular weight excluding hydrogens is 134 g/mol. The van der Waals surface area contributed by atoms with Crippen molar-refractivity contribution in [2.24, 2.45) is 0 Å². The van der Waals surface area contributed by atoms with E-state index in [1.807, 2.05) is 24.5 Å². The molecular formula is C5H9N3S. The molecule has 0 aliphatic carbocycles. The fraction of sp³-hybridized carbons (Fsp3) is 0.400. The maximum Gasteiger partial charge on any atom is 0.199 e. The van der Waals surface area contributed by atoms with Gasteiger partial charge in [-0.3, -0.25) is 5.01 Å². The maximum absolute atomic E-state index is 4.07. The summed E-state index contributed by atoms with van der Waals surface area (Å²) in [6.45, 7) is 0. The van der Waals surface area contributed by atoms with E-state index in [2.05, 4.69) is 10.4 Å². The standard InChI is InChI=1S/C5H9N3S/c1-6-8(2)5-7-3-4-9-5/h3-4,6H,1-2H3. The lowest BCUT2D eigenvalue weighted by Crippen LogP contribution is -2.29. The average molecular weight is 143 g/mol. The first-order valence-corrected chi connectivity index (χ1v) is 3.53. The van der Waals surface area contributed by atoms with Crippen LogP contribution in [0.1, 0.15) is 0 Å². The first-order valence-electron chi connectivity index (χ1n) is 2.65. The molecule has 0 aromatic carbocycles. The number of hydrogen-bond acceptors (Lipinski definition) is 4. The van der Waals surface area contributed by atoms with E-state index >= 15 is 0 Å². The predicted octanol–water partition coefficient (Wildman–Crippen LogP) is 0.714. The molecule has 50 valence electrons. The third-order valence-electron chi connectivity index (χ3n) is 1.04. The molecule has 0 atom stereocenters. The SMILES string of the molecule is CNN(C)c1nccs1. The molecule has 0 radical (unpaired) electrons. The van der Waals surface area contributed by atoms with Crippen LogP contribution in [0.2, 0.25) is 0 Å². The molecule has 0 amide bonds. The highest BCUT2D eigenvalue weighted by molar-refractivity contribution is 7.13. The molecule has 1 aromatic heterocycles. The second kappa shape index (κ2) is 2.80. The minimum atomic E-state index is 0.984. The Kier molecular flexibility index (Phi) is 2.02. The van der Waals surface area contributed by atoms with Gasteiger partial charge < -0.3 is 0 Å². The predicted molar refractivity (Wildman–Crippen MR) is 39.6 cm³/mol. The topological polar surface area (TPSA) is 28.2 Å². The van der Waals surface area contributed by atoms with E-state index in [0.29, 0.717) is 0 Å². The van der Waals surface area contributed by atoms with Crippen LogP contribution in [0.3, 0.4) is 0 Å². The molecule has 0 bridgehead atoms. The Morgan fingerprint density at radius 1 is 1.78 bits per heavy atom. The van der Waals surface area contributed by atoms with E-state index in [1.165, 1.54) is 0 Å². The normalized spacial score (nSPS) is 9.56. The van der Waals surface area contributed by atoms with Crippen molar-refractivity contribution in [3.05, 3.63) is 11.6 Å². The summed E-state index contributed by atoms with van der Waals surface area (Å²) >= 11 is 1.61. The molecule has 0 saturated heterocycles. The molecule has 0 aliphatic rings. The van der Waals surface area contributed by atoms with Gasteiger partial charge in [0, 0.05) is 25.7 Å². The second-order valence-corrected chi connectivity index (χ2v) is 2.47. The minimum absolute atomic E-state index is 0.984. The Morgan fingerprint density at radius 3 is 3.00 bits per heavy atom. The van der Waals surface area contributed by atoms with Crippen LogP contribution in [0, 0.1) is 0 Å². The number of hydrazine groups is 1. The van der Waals surface area contributed by atoms with Gasteiger partial charge in [0.15, 0.2) is 5.13 Å². The van der Waals surface area contributed by atoms with Gasteiger partial charge in [-0.15, -0.1) is 11.3 Å². The van der Waals surface area contributed by atoms with Crippen LogP contribution in [-0.4, -0.2) is 19.1 Å². The van der Waals surface area contributed by atoms with Gasteiger partial charge in [0.1, 0.15) is 0 Å². The number of rotatable bonds is 2. The Labute approximate surface area is 58.3 Å². The lowest BCUT2D eigenvalue weighted by molar-refractivity contribution is 0.787. The van der Waals surface area contributed by atoms with Crippen molar-refractivity contribution in [1.82, 2.24) is 10.4 Å². The number of nitrogens with zero attached hydrogens (tertiary/aromatic N) is 2. The molecule has 0 saturated carbocycles. The highest BCUT2D eigenvalue weighted by Crippen LogP contribution is 2.12. The third kappa shape index (κ3) is 1.40. The lowest BCUT2D eigenvalue weighted by atomic mass is 11.0.